The Kier molecular flexibility index (Phi) is 5.25. The van der Waals surface area contributed by atoms with Crippen LogP contribution in [0, 0.1) is 0 Å². The highest BCUT2D eigenvalue weighted by Gasteiger charge is 2.17. The Morgan fingerprint density at radius 3 is 2.75 bits per heavy atom. The molecule has 5 heteroatoms. The zero-order valence-corrected chi connectivity index (χ0v) is 10.1. The van der Waals surface area contributed by atoms with Crippen LogP contribution in [0.2, 0.25) is 0 Å². The number of rotatable bonds is 5. The first-order chi connectivity index (χ1) is 7.59. The van der Waals surface area contributed by atoms with Gasteiger partial charge in [0.05, 0.1) is 0 Å². The van der Waals surface area contributed by atoms with Crippen molar-refractivity contribution >= 4 is 11.8 Å². The number of hydrogen-bond donors (Lipinski definition) is 2. The van der Waals surface area contributed by atoms with E-state index in [9.17, 15) is 9.59 Å². The van der Waals surface area contributed by atoms with Gasteiger partial charge in [-0.05, 0) is 19.4 Å². The van der Waals surface area contributed by atoms with Crippen LogP contribution in [0.4, 0.5) is 0 Å². The summed E-state index contributed by atoms with van der Waals surface area (Å²) in [6.45, 7) is 1.44. The lowest BCUT2D eigenvalue weighted by molar-refractivity contribution is -0.128. The molecule has 1 heterocycles. The normalized spacial score (nSPS) is 19.5. The van der Waals surface area contributed by atoms with Gasteiger partial charge in [-0.1, -0.05) is 0 Å². The van der Waals surface area contributed by atoms with Gasteiger partial charge in [-0.2, -0.15) is 0 Å². The van der Waals surface area contributed by atoms with Gasteiger partial charge in [-0.15, -0.1) is 0 Å². The predicted octanol–water partition coefficient (Wildman–Crippen LogP) is -0.277. The van der Waals surface area contributed by atoms with Crippen molar-refractivity contribution in [1.82, 2.24) is 15.5 Å². The Labute approximate surface area is 96.6 Å². The molecule has 1 aliphatic rings. The Hall–Kier alpha value is -1.10. The van der Waals surface area contributed by atoms with Crippen LogP contribution in [-0.4, -0.2) is 49.9 Å². The molecule has 16 heavy (non-hydrogen) atoms. The zero-order valence-electron chi connectivity index (χ0n) is 10.1. The molecule has 1 rings (SSSR count). The van der Waals surface area contributed by atoms with Gasteiger partial charge in [0, 0.05) is 39.5 Å². The lowest BCUT2D eigenvalue weighted by Gasteiger charge is -2.12. The summed E-state index contributed by atoms with van der Waals surface area (Å²) in [5.74, 6) is 0.0743. The minimum absolute atomic E-state index is 0.0333. The van der Waals surface area contributed by atoms with E-state index in [4.69, 9.17) is 0 Å². The second-order valence-electron chi connectivity index (χ2n) is 4.39. The van der Waals surface area contributed by atoms with Gasteiger partial charge < -0.3 is 15.5 Å². The molecular weight excluding hydrogens is 206 g/mol. The van der Waals surface area contributed by atoms with E-state index in [1.807, 2.05) is 0 Å². The minimum atomic E-state index is 0.0333. The Bertz CT molecular complexity index is 248. The first kappa shape index (κ1) is 13.0. The van der Waals surface area contributed by atoms with Gasteiger partial charge in [0.2, 0.25) is 11.8 Å². The second kappa shape index (κ2) is 6.48. The number of amides is 2. The van der Waals surface area contributed by atoms with Crippen molar-refractivity contribution in [3.8, 4) is 0 Å². The first-order valence-electron chi connectivity index (χ1n) is 5.80. The summed E-state index contributed by atoms with van der Waals surface area (Å²) in [7, 11) is 3.43. The Morgan fingerprint density at radius 1 is 1.44 bits per heavy atom. The monoisotopic (exact) mass is 227 g/mol. The van der Waals surface area contributed by atoms with E-state index in [1.165, 1.54) is 4.90 Å². The molecule has 92 valence electrons. The second-order valence-corrected chi connectivity index (χ2v) is 4.39. The lowest BCUT2D eigenvalue weighted by Crippen LogP contribution is -2.34. The molecule has 0 radical (unpaired) electrons. The van der Waals surface area contributed by atoms with Crippen LogP contribution in [0.5, 0.6) is 0 Å². The van der Waals surface area contributed by atoms with Crippen molar-refractivity contribution in [3.05, 3.63) is 0 Å². The van der Waals surface area contributed by atoms with Crippen LogP contribution in [-0.2, 0) is 9.59 Å². The predicted molar refractivity (Wildman–Crippen MR) is 62.0 cm³/mol. The number of nitrogens with zero attached hydrogens (tertiary/aromatic N) is 1. The van der Waals surface area contributed by atoms with Gasteiger partial charge in [0.15, 0.2) is 0 Å². The standard InChI is InChI=1S/C11H21N3O2/c1-14(2)11(16)5-7-13-10(15)8-9-4-3-6-12-9/h9,12H,3-8H2,1-2H3,(H,13,15). The van der Waals surface area contributed by atoms with Gasteiger partial charge in [-0.25, -0.2) is 0 Å². The average Bonchev–Trinajstić information content (AvgIpc) is 2.70. The highest BCUT2D eigenvalue weighted by Crippen LogP contribution is 2.07. The first-order valence-corrected chi connectivity index (χ1v) is 5.80. The van der Waals surface area contributed by atoms with E-state index < -0.39 is 0 Å². The molecule has 0 aromatic rings. The van der Waals surface area contributed by atoms with Crippen molar-refractivity contribution in [1.29, 1.82) is 0 Å². The number of carbonyl (C=O) groups is 2. The number of nitrogens with one attached hydrogen (secondary N) is 2. The maximum atomic E-state index is 11.5. The van der Waals surface area contributed by atoms with E-state index in [2.05, 4.69) is 10.6 Å². The fourth-order valence-corrected chi connectivity index (χ4v) is 1.76. The third-order valence-electron chi connectivity index (χ3n) is 2.75. The largest absolute Gasteiger partial charge is 0.356 e. The molecule has 1 atom stereocenters. The Balaban J connectivity index is 2.08. The van der Waals surface area contributed by atoms with Gasteiger partial charge in [0.1, 0.15) is 0 Å². The highest BCUT2D eigenvalue weighted by atomic mass is 16.2. The number of carbonyl (C=O) groups excluding carboxylic acids is 2. The molecule has 1 saturated heterocycles. The molecule has 1 aliphatic heterocycles. The third-order valence-corrected chi connectivity index (χ3v) is 2.75. The van der Waals surface area contributed by atoms with E-state index >= 15 is 0 Å². The summed E-state index contributed by atoms with van der Waals surface area (Å²) in [5, 5.41) is 6.04. The van der Waals surface area contributed by atoms with E-state index in [0.29, 0.717) is 25.4 Å². The van der Waals surface area contributed by atoms with E-state index in [0.717, 1.165) is 19.4 Å². The molecule has 0 aliphatic carbocycles. The van der Waals surface area contributed by atoms with Gasteiger partial charge in [-0.3, -0.25) is 9.59 Å². The van der Waals surface area contributed by atoms with Crippen LogP contribution in [0.15, 0.2) is 0 Å². The molecular formula is C11H21N3O2. The van der Waals surface area contributed by atoms with Gasteiger partial charge >= 0.3 is 0 Å². The molecule has 0 aromatic carbocycles. The molecule has 1 unspecified atom stereocenters. The van der Waals surface area contributed by atoms with Crippen molar-refractivity contribution in [2.24, 2.45) is 0 Å². The number of hydrogen-bond acceptors (Lipinski definition) is 3. The molecule has 2 N–H and O–H groups in total. The fraction of sp³-hybridized carbons (Fsp3) is 0.818. The smallest absolute Gasteiger partial charge is 0.223 e. The molecule has 5 nitrogen and oxygen atoms in total. The summed E-state index contributed by atoms with van der Waals surface area (Å²) >= 11 is 0. The SMILES string of the molecule is CN(C)C(=O)CCNC(=O)CC1CCCN1. The molecule has 0 bridgehead atoms. The van der Waals surface area contributed by atoms with Crippen LogP contribution in [0.25, 0.3) is 0 Å². The van der Waals surface area contributed by atoms with E-state index in [-0.39, 0.29) is 11.8 Å². The molecule has 0 spiro atoms. The van der Waals surface area contributed by atoms with Crippen molar-refractivity contribution in [2.75, 3.05) is 27.2 Å². The third kappa shape index (κ3) is 4.61. The Morgan fingerprint density at radius 2 is 2.19 bits per heavy atom. The molecule has 0 aromatic heterocycles. The summed E-state index contributed by atoms with van der Waals surface area (Å²) in [6.07, 6.45) is 3.12. The summed E-state index contributed by atoms with van der Waals surface area (Å²) in [6, 6.07) is 0.324. The maximum Gasteiger partial charge on any atom is 0.223 e. The van der Waals surface area contributed by atoms with Crippen molar-refractivity contribution < 1.29 is 9.59 Å². The maximum absolute atomic E-state index is 11.5. The zero-order chi connectivity index (χ0) is 12.0. The van der Waals surface area contributed by atoms with Crippen LogP contribution in [0.3, 0.4) is 0 Å². The fourth-order valence-electron chi connectivity index (χ4n) is 1.76. The van der Waals surface area contributed by atoms with Gasteiger partial charge in [0.25, 0.3) is 0 Å². The minimum Gasteiger partial charge on any atom is -0.356 e. The molecule has 0 saturated carbocycles. The van der Waals surface area contributed by atoms with Crippen LogP contribution < -0.4 is 10.6 Å². The summed E-state index contributed by atoms with van der Waals surface area (Å²) in [5.41, 5.74) is 0. The lowest BCUT2D eigenvalue weighted by atomic mass is 10.1. The quantitative estimate of drug-likeness (QED) is 0.679. The topological polar surface area (TPSA) is 61.4 Å². The molecule has 2 amide bonds. The summed E-state index contributed by atoms with van der Waals surface area (Å²) in [4.78, 5) is 24.2. The van der Waals surface area contributed by atoms with Crippen LogP contribution in [0.1, 0.15) is 25.7 Å². The van der Waals surface area contributed by atoms with E-state index in [1.54, 1.807) is 14.1 Å². The molecule has 1 fully saturated rings. The summed E-state index contributed by atoms with van der Waals surface area (Å²) < 4.78 is 0. The van der Waals surface area contributed by atoms with Crippen molar-refractivity contribution in [2.45, 2.75) is 31.7 Å². The van der Waals surface area contributed by atoms with Crippen molar-refractivity contribution in [3.63, 3.8) is 0 Å². The average molecular weight is 227 g/mol. The highest BCUT2D eigenvalue weighted by molar-refractivity contribution is 5.79. The van der Waals surface area contributed by atoms with Crippen LogP contribution >= 0.6 is 0 Å².